The van der Waals surface area contributed by atoms with Crippen molar-refractivity contribution in [1.82, 2.24) is 9.78 Å². The molecule has 1 aromatic heterocycles. The first-order valence-electron chi connectivity index (χ1n) is 5.98. The van der Waals surface area contributed by atoms with E-state index in [1.165, 1.54) is 0 Å². The zero-order valence-electron chi connectivity index (χ0n) is 11.1. The molecule has 0 bridgehead atoms. The molecule has 5 heteroatoms. The van der Waals surface area contributed by atoms with Crippen molar-refractivity contribution in [2.45, 2.75) is 25.9 Å². The molecule has 0 spiro atoms. The highest BCUT2D eigenvalue weighted by atomic mass is 35.5. The molecule has 0 aliphatic carbocycles. The van der Waals surface area contributed by atoms with E-state index in [0.29, 0.717) is 22.0 Å². The van der Waals surface area contributed by atoms with Gasteiger partial charge < -0.3 is 5.11 Å². The van der Waals surface area contributed by atoms with E-state index < -0.39 is 5.60 Å². The van der Waals surface area contributed by atoms with Gasteiger partial charge in [0.05, 0.1) is 22.0 Å². The van der Waals surface area contributed by atoms with E-state index in [1.807, 2.05) is 32.2 Å². The van der Waals surface area contributed by atoms with Crippen molar-refractivity contribution < 1.29 is 5.11 Å². The second-order valence-electron chi connectivity index (χ2n) is 4.90. The number of benzene rings is 1. The van der Waals surface area contributed by atoms with Gasteiger partial charge in [0, 0.05) is 24.1 Å². The summed E-state index contributed by atoms with van der Waals surface area (Å²) in [6.07, 6.45) is 0.354. The second-order valence-corrected chi connectivity index (χ2v) is 5.69. The van der Waals surface area contributed by atoms with Crippen LogP contribution in [0.3, 0.4) is 0 Å². The molecular formula is C14H16Cl2N2O. The Kier molecular flexibility index (Phi) is 3.90. The lowest BCUT2D eigenvalue weighted by Gasteiger charge is -2.25. The van der Waals surface area contributed by atoms with Crippen LogP contribution in [-0.4, -0.2) is 14.9 Å². The summed E-state index contributed by atoms with van der Waals surface area (Å²) in [5.41, 5.74) is 1.15. The fourth-order valence-electron chi connectivity index (χ4n) is 2.19. The Morgan fingerprint density at radius 3 is 2.47 bits per heavy atom. The Labute approximate surface area is 122 Å². The van der Waals surface area contributed by atoms with Crippen LogP contribution in [0.1, 0.15) is 23.9 Å². The van der Waals surface area contributed by atoms with E-state index >= 15 is 0 Å². The summed E-state index contributed by atoms with van der Waals surface area (Å²) in [6, 6.07) is 7.27. The van der Waals surface area contributed by atoms with Crippen molar-refractivity contribution in [2.75, 3.05) is 0 Å². The van der Waals surface area contributed by atoms with Crippen molar-refractivity contribution in [3.8, 4) is 0 Å². The Morgan fingerprint density at radius 1 is 1.32 bits per heavy atom. The molecule has 0 saturated carbocycles. The standard InChI is InChI=1S/C14H16Cl2N2O/c1-9-13(16)12(18(3)17-9)8-14(2,19)10-6-4-5-7-11(10)15/h4-7,19H,8H2,1-3H3. The van der Waals surface area contributed by atoms with Crippen molar-refractivity contribution >= 4 is 23.2 Å². The molecule has 0 amide bonds. The monoisotopic (exact) mass is 298 g/mol. The average Bonchev–Trinajstić information content (AvgIpc) is 2.56. The second kappa shape index (κ2) is 5.16. The summed E-state index contributed by atoms with van der Waals surface area (Å²) in [5, 5.41) is 16.1. The molecule has 0 saturated heterocycles. The molecule has 0 aliphatic rings. The first-order valence-corrected chi connectivity index (χ1v) is 6.74. The topological polar surface area (TPSA) is 38.0 Å². The molecule has 2 rings (SSSR count). The van der Waals surface area contributed by atoms with Crippen LogP contribution in [0.5, 0.6) is 0 Å². The molecule has 0 aliphatic heterocycles. The smallest absolute Gasteiger partial charge is 0.0938 e. The van der Waals surface area contributed by atoms with Gasteiger partial charge in [-0.1, -0.05) is 41.4 Å². The Bertz CT molecular complexity index is 605. The van der Waals surface area contributed by atoms with Crippen LogP contribution in [0.25, 0.3) is 0 Å². The Hall–Kier alpha value is -1.03. The van der Waals surface area contributed by atoms with Crippen LogP contribution >= 0.6 is 23.2 Å². The fourth-order valence-corrected chi connectivity index (χ4v) is 2.76. The summed E-state index contributed by atoms with van der Waals surface area (Å²) < 4.78 is 1.70. The molecule has 0 radical (unpaired) electrons. The summed E-state index contributed by atoms with van der Waals surface area (Å²) in [7, 11) is 1.82. The highest BCUT2D eigenvalue weighted by molar-refractivity contribution is 6.32. The van der Waals surface area contributed by atoms with E-state index in [0.717, 1.165) is 11.4 Å². The molecule has 1 atom stereocenters. The third-order valence-electron chi connectivity index (χ3n) is 3.23. The highest BCUT2D eigenvalue weighted by Crippen LogP contribution is 2.33. The number of rotatable bonds is 3. The predicted molar refractivity (Wildman–Crippen MR) is 77.7 cm³/mol. The van der Waals surface area contributed by atoms with Gasteiger partial charge in [-0.2, -0.15) is 5.10 Å². The lowest BCUT2D eigenvalue weighted by Crippen LogP contribution is -2.26. The van der Waals surface area contributed by atoms with Crippen molar-refractivity contribution in [1.29, 1.82) is 0 Å². The van der Waals surface area contributed by atoms with Crippen LogP contribution in [0.15, 0.2) is 24.3 Å². The van der Waals surface area contributed by atoms with Gasteiger partial charge in [0.25, 0.3) is 0 Å². The van der Waals surface area contributed by atoms with E-state index in [1.54, 1.807) is 17.7 Å². The Balaban J connectivity index is 2.39. The van der Waals surface area contributed by atoms with Gasteiger partial charge in [0.15, 0.2) is 0 Å². The SMILES string of the molecule is Cc1nn(C)c(CC(C)(O)c2ccccc2Cl)c1Cl. The van der Waals surface area contributed by atoms with Crippen LogP contribution in [-0.2, 0) is 19.1 Å². The lowest BCUT2D eigenvalue weighted by atomic mass is 9.91. The number of aromatic nitrogens is 2. The van der Waals surface area contributed by atoms with E-state index in [9.17, 15) is 5.11 Å². The minimum absolute atomic E-state index is 0.354. The van der Waals surface area contributed by atoms with Crippen LogP contribution < -0.4 is 0 Å². The third-order valence-corrected chi connectivity index (χ3v) is 4.05. The zero-order chi connectivity index (χ0) is 14.2. The molecule has 1 N–H and O–H groups in total. The van der Waals surface area contributed by atoms with Gasteiger partial charge in [-0.05, 0) is 19.9 Å². The summed E-state index contributed by atoms with van der Waals surface area (Å²) >= 11 is 12.4. The van der Waals surface area contributed by atoms with Gasteiger partial charge >= 0.3 is 0 Å². The van der Waals surface area contributed by atoms with Crippen LogP contribution in [0.4, 0.5) is 0 Å². The molecule has 1 aromatic carbocycles. The number of hydrogen-bond donors (Lipinski definition) is 1. The largest absolute Gasteiger partial charge is 0.385 e. The summed E-state index contributed by atoms with van der Waals surface area (Å²) in [4.78, 5) is 0. The zero-order valence-corrected chi connectivity index (χ0v) is 12.6. The summed E-state index contributed by atoms with van der Waals surface area (Å²) in [6.45, 7) is 3.57. The van der Waals surface area contributed by atoms with Crippen molar-refractivity contribution in [3.63, 3.8) is 0 Å². The normalized spacial score (nSPS) is 14.4. The van der Waals surface area contributed by atoms with Gasteiger partial charge in [-0.3, -0.25) is 4.68 Å². The maximum atomic E-state index is 10.7. The molecular weight excluding hydrogens is 283 g/mol. The van der Waals surface area contributed by atoms with Crippen molar-refractivity contribution in [3.05, 3.63) is 51.3 Å². The highest BCUT2D eigenvalue weighted by Gasteiger charge is 2.29. The number of halogens is 2. The summed E-state index contributed by atoms with van der Waals surface area (Å²) in [5.74, 6) is 0. The first-order chi connectivity index (χ1) is 8.83. The minimum Gasteiger partial charge on any atom is -0.385 e. The van der Waals surface area contributed by atoms with E-state index in [-0.39, 0.29) is 0 Å². The van der Waals surface area contributed by atoms with E-state index in [2.05, 4.69) is 5.10 Å². The maximum Gasteiger partial charge on any atom is 0.0938 e. The predicted octanol–water partition coefficient (Wildman–Crippen LogP) is 3.49. The number of aliphatic hydroxyl groups is 1. The average molecular weight is 299 g/mol. The molecule has 1 heterocycles. The minimum atomic E-state index is -1.10. The first kappa shape index (κ1) is 14.4. The van der Waals surface area contributed by atoms with Crippen molar-refractivity contribution in [2.24, 2.45) is 7.05 Å². The van der Waals surface area contributed by atoms with Gasteiger partial charge in [0.1, 0.15) is 0 Å². The number of aryl methyl sites for hydroxylation is 2. The fraction of sp³-hybridized carbons (Fsp3) is 0.357. The maximum absolute atomic E-state index is 10.7. The molecule has 3 nitrogen and oxygen atoms in total. The number of nitrogens with zero attached hydrogens (tertiary/aromatic N) is 2. The van der Waals surface area contributed by atoms with E-state index in [4.69, 9.17) is 23.2 Å². The molecule has 0 fully saturated rings. The Morgan fingerprint density at radius 2 is 1.95 bits per heavy atom. The molecule has 2 aromatic rings. The van der Waals surface area contributed by atoms with Crippen LogP contribution in [0, 0.1) is 6.92 Å². The lowest BCUT2D eigenvalue weighted by molar-refractivity contribution is 0.0557. The molecule has 19 heavy (non-hydrogen) atoms. The van der Waals surface area contributed by atoms with Gasteiger partial charge in [-0.15, -0.1) is 0 Å². The molecule has 102 valence electrons. The molecule has 1 unspecified atom stereocenters. The third kappa shape index (κ3) is 2.78. The quantitative estimate of drug-likeness (QED) is 0.942. The van der Waals surface area contributed by atoms with Gasteiger partial charge in [0.2, 0.25) is 0 Å². The number of hydrogen-bond acceptors (Lipinski definition) is 2. The van der Waals surface area contributed by atoms with Gasteiger partial charge in [-0.25, -0.2) is 0 Å². The van der Waals surface area contributed by atoms with Crippen LogP contribution in [0.2, 0.25) is 10.0 Å².